The Labute approximate surface area is 129 Å². The third-order valence-electron chi connectivity index (χ3n) is 3.78. The Balaban J connectivity index is 1.58. The van der Waals surface area contributed by atoms with Gasteiger partial charge in [0.25, 0.3) is 0 Å². The Morgan fingerprint density at radius 3 is 2.62 bits per heavy atom. The first-order chi connectivity index (χ1) is 10.2. The van der Waals surface area contributed by atoms with Crippen molar-refractivity contribution in [3.8, 4) is 0 Å². The van der Waals surface area contributed by atoms with Gasteiger partial charge >= 0.3 is 0 Å². The molecule has 1 atom stereocenters. The predicted octanol–water partition coefficient (Wildman–Crippen LogP) is 2.67. The first-order valence-electron chi connectivity index (χ1n) is 7.05. The summed E-state index contributed by atoms with van der Waals surface area (Å²) in [5, 5.41) is 6.97. The van der Waals surface area contributed by atoms with E-state index in [9.17, 15) is 4.79 Å². The van der Waals surface area contributed by atoms with Crippen LogP contribution in [0.4, 0.5) is 0 Å². The summed E-state index contributed by atoms with van der Waals surface area (Å²) in [6.45, 7) is 1.27. The maximum absolute atomic E-state index is 12.2. The lowest BCUT2D eigenvalue weighted by molar-refractivity contribution is -0.123. The van der Waals surface area contributed by atoms with Gasteiger partial charge in [-0.3, -0.25) is 4.79 Å². The molecule has 1 aliphatic rings. The number of carbonyl (C=O) groups is 1. The average molecular weight is 301 g/mol. The number of hydrogen-bond donors (Lipinski definition) is 2. The molecule has 0 saturated heterocycles. The molecular weight excluding hydrogens is 284 g/mol. The van der Waals surface area contributed by atoms with Crippen molar-refractivity contribution in [2.75, 3.05) is 0 Å². The first-order valence-corrected chi connectivity index (χ1v) is 7.42. The van der Waals surface area contributed by atoms with Gasteiger partial charge in [-0.05, 0) is 35.2 Å². The summed E-state index contributed by atoms with van der Waals surface area (Å²) in [5.41, 5.74) is 3.58. The monoisotopic (exact) mass is 300 g/mol. The molecule has 1 amide bonds. The van der Waals surface area contributed by atoms with Gasteiger partial charge in [0.1, 0.15) is 0 Å². The molecule has 2 aromatic rings. The molecule has 0 saturated carbocycles. The summed E-state index contributed by atoms with van der Waals surface area (Å²) >= 11 is 5.85. The quantitative estimate of drug-likeness (QED) is 0.915. The number of carbonyl (C=O) groups excluding carboxylic acids is 1. The molecule has 0 bridgehead atoms. The first kappa shape index (κ1) is 14.1. The SMILES string of the molecule is O=C(NCc1ccc(Cl)cc1)C1Cc2ccccc2CN1. The second-order valence-corrected chi connectivity index (χ2v) is 5.69. The van der Waals surface area contributed by atoms with Crippen LogP contribution in [0, 0.1) is 0 Å². The molecule has 1 unspecified atom stereocenters. The van der Waals surface area contributed by atoms with Gasteiger partial charge < -0.3 is 10.6 Å². The van der Waals surface area contributed by atoms with E-state index in [1.807, 2.05) is 36.4 Å². The highest BCUT2D eigenvalue weighted by Gasteiger charge is 2.23. The number of amides is 1. The number of nitrogens with one attached hydrogen (secondary N) is 2. The van der Waals surface area contributed by atoms with E-state index in [1.165, 1.54) is 11.1 Å². The van der Waals surface area contributed by atoms with Crippen LogP contribution >= 0.6 is 11.6 Å². The molecule has 21 heavy (non-hydrogen) atoms. The van der Waals surface area contributed by atoms with Crippen molar-refractivity contribution in [3.63, 3.8) is 0 Å². The summed E-state index contributed by atoms with van der Waals surface area (Å²) < 4.78 is 0. The van der Waals surface area contributed by atoms with Gasteiger partial charge in [-0.25, -0.2) is 0 Å². The van der Waals surface area contributed by atoms with E-state index in [4.69, 9.17) is 11.6 Å². The van der Waals surface area contributed by atoms with E-state index < -0.39 is 0 Å². The number of fused-ring (bicyclic) bond motifs is 1. The Kier molecular flexibility index (Phi) is 4.23. The fourth-order valence-corrected chi connectivity index (χ4v) is 2.68. The van der Waals surface area contributed by atoms with Crippen LogP contribution in [0.3, 0.4) is 0 Å². The largest absolute Gasteiger partial charge is 0.351 e. The minimum absolute atomic E-state index is 0.0412. The van der Waals surface area contributed by atoms with E-state index in [1.54, 1.807) is 0 Å². The molecule has 3 rings (SSSR count). The standard InChI is InChI=1S/C17H17ClN2O/c18-15-7-5-12(6-8-15)10-20-17(21)16-9-13-3-1-2-4-14(13)11-19-16/h1-8,16,19H,9-11H2,(H,20,21). The second kappa shape index (κ2) is 6.29. The van der Waals surface area contributed by atoms with E-state index in [-0.39, 0.29) is 11.9 Å². The lowest BCUT2D eigenvalue weighted by Crippen LogP contribution is -2.47. The van der Waals surface area contributed by atoms with Crippen LogP contribution in [-0.2, 0) is 24.3 Å². The van der Waals surface area contributed by atoms with E-state index in [0.717, 1.165) is 18.5 Å². The minimum Gasteiger partial charge on any atom is -0.351 e. The van der Waals surface area contributed by atoms with Crippen LogP contribution < -0.4 is 10.6 Å². The van der Waals surface area contributed by atoms with Crippen LogP contribution in [0.25, 0.3) is 0 Å². The molecule has 4 heteroatoms. The molecule has 0 spiro atoms. The van der Waals surface area contributed by atoms with E-state index in [0.29, 0.717) is 11.6 Å². The van der Waals surface area contributed by atoms with Crippen molar-refractivity contribution in [1.29, 1.82) is 0 Å². The maximum atomic E-state index is 12.2. The van der Waals surface area contributed by atoms with Crippen LogP contribution in [0.2, 0.25) is 5.02 Å². The molecule has 0 aliphatic carbocycles. The molecule has 1 aliphatic heterocycles. The van der Waals surface area contributed by atoms with Crippen molar-refractivity contribution >= 4 is 17.5 Å². The number of rotatable bonds is 3. The minimum atomic E-state index is -0.160. The van der Waals surface area contributed by atoms with Crippen LogP contribution in [0.1, 0.15) is 16.7 Å². The zero-order valence-electron chi connectivity index (χ0n) is 11.6. The molecule has 0 aromatic heterocycles. The number of hydrogen-bond acceptors (Lipinski definition) is 2. The van der Waals surface area contributed by atoms with Crippen LogP contribution in [-0.4, -0.2) is 11.9 Å². The summed E-state index contributed by atoms with van der Waals surface area (Å²) in [5.74, 6) is 0.0412. The normalized spacial score (nSPS) is 17.1. The zero-order valence-corrected chi connectivity index (χ0v) is 12.4. The summed E-state index contributed by atoms with van der Waals surface area (Å²) in [4.78, 5) is 12.2. The van der Waals surface area contributed by atoms with E-state index >= 15 is 0 Å². The van der Waals surface area contributed by atoms with Crippen LogP contribution in [0.5, 0.6) is 0 Å². The average Bonchev–Trinajstić information content (AvgIpc) is 2.53. The van der Waals surface area contributed by atoms with Gasteiger partial charge in [-0.15, -0.1) is 0 Å². The fraction of sp³-hybridized carbons (Fsp3) is 0.235. The smallest absolute Gasteiger partial charge is 0.237 e. The molecule has 2 aromatic carbocycles. The third kappa shape index (κ3) is 3.43. The van der Waals surface area contributed by atoms with Gasteiger partial charge in [-0.1, -0.05) is 48.0 Å². The van der Waals surface area contributed by atoms with Crippen molar-refractivity contribution < 1.29 is 4.79 Å². The van der Waals surface area contributed by atoms with Gasteiger partial charge in [0.2, 0.25) is 5.91 Å². The molecule has 0 radical (unpaired) electrons. The third-order valence-corrected chi connectivity index (χ3v) is 4.03. The Bertz CT molecular complexity index is 639. The predicted molar refractivity (Wildman–Crippen MR) is 84.1 cm³/mol. The Morgan fingerprint density at radius 1 is 1.14 bits per heavy atom. The lowest BCUT2D eigenvalue weighted by Gasteiger charge is -2.25. The van der Waals surface area contributed by atoms with Crippen molar-refractivity contribution in [1.82, 2.24) is 10.6 Å². The molecule has 3 nitrogen and oxygen atoms in total. The van der Waals surface area contributed by atoms with Crippen molar-refractivity contribution in [3.05, 3.63) is 70.2 Å². The van der Waals surface area contributed by atoms with Crippen LogP contribution in [0.15, 0.2) is 48.5 Å². The van der Waals surface area contributed by atoms with Crippen molar-refractivity contribution in [2.45, 2.75) is 25.6 Å². The Morgan fingerprint density at radius 2 is 1.86 bits per heavy atom. The molecule has 0 fully saturated rings. The van der Waals surface area contributed by atoms with Gasteiger partial charge in [0.15, 0.2) is 0 Å². The lowest BCUT2D eigenvalue weighted by atomic mass is 9.95. The molecular formula is C17H17ClN2O. The maximum Gasteiger partial charge on any atom is 0.237 e. The topological polar surface area (TPSA) is 41.1 Å². The molecule has 1 heterocycles. The highest BCUT2D eigenvalue weighted by molar-refractivity contribution is 6.30. The summed E-state index contributed by atoms with van der Waals surface area (Å²) in [6.07, 6.45) is 0.739. The van der Waals surface area contributed by atoms with Gasteiger partial charge in [0, 0.05) is 18.1 Å². The van der Waals surface area contributed by atoms with E-state index in [2.05, 4.69) is 22.8 Å². The number of benzene rings is 2. The fourth-order valence-electron chi connectivity index (χ4n) is 2.55. The highest BCUT2D eigenvalue weighted by atomic mass is 35.5. The zero-order chi connectivity index (χ0) is 14.7. The second-order valence-electron chi connectivity index (χ2n) is 5.25. The number of halogens is 1. The van der Waals surface area contributed by atoms with Gasteiger partial charge in [0.05, 0.1) is 6.04 Å². The highest BCUT2D eigenvalue weighted by Crippen LogP contribution is 2.16. The molecule has 108 valence electrons. The summed E-state index contributed by atoms with van der Waals surface area (Å²) in [6, 6.07) is 15.6. The van der Waals surface area contributed by atoms with Gasteiger partial charge in [-0.2, -0.15) is 0 Å². The Hall–Kier alpha value is -1.84. The molecule has 2 N–H and O–H groups in total. The summed E-state index contributed by atoms with van der Waals surface area (Å²) in [7, 11) is 0. The van der Waals surface area contributed by atoms with Crippen molar-refractivity contribution in [2.24, 2.45) is 0 Å².